The number of nitrogens with zero attached hydrogens (tertiary/aromatic N) is 1. The molecule has 460 valence electrons. The van der Waals surface area contributed by atoms with Crippen molar-refractivity contribution >= 4 is 30.3 Å². The van der Waals surface area contributed by atoms with Crippen molar-refractivity contribution in [3.63, 3.8) is 0 Å². The third kappa shape index (κ3) is 52.1. The standard InChI is InChI=1S/C64H123N3O11/c1-7-13-17-21-27-35-44-58(45-36-28-22-18-14-8-2)77-60(68)48-39-31-25-33-41-50-65-62(70)74-54-57(56-76-64(72)73-53-43-52-67(11-5)12-6)55-75-63(71)66-51-42-34-26-32-40-49-61(69)78-59(46-37-29-23-19-15-9-3)47-38-30-24-20-16-10-4/h57-59H,7-56H2,1-6H3,(H,65,70)(H,66,71). The van der Waals surface area contributed by atoms with Crippen LogP contribution < -0.4 is 10.6 Å². The van der Waals surface area contributed by atoms with Crippen molar-refractivity contribution < 1.29 is 52.4 Å². The molecule has 0 rings (SSSR count). The molecule has 2 amide bonds. The van der Waals surface area contributed by atoms with E-state index in [0.717, 1.165) is 135 Å². The summed E-state index contributed by atoms with van der Waals surface area (Å²) >= 11 is 0. The van der Waals surface area contributed by atoms with Crippen LogP contribution in [-0.4, -0.2) is 107 Å². The van der Waals surface area contributed by atoms with E-state index in [2.05, 4.69) is 57.1 Å². The first-order valence-corrected chi connectivity index (χ1v) is 32.8. The number of rotatable bonds is 58. The summed E-state index contributed by atoms with van der Waals surface area (Å²) in [7, 11) is 0. The molecule has 2 N–H and O–H groups in total. The maximum absolute atomic E-state index is 12.8. The van der Waals surface area contributed by atoms with Crippen LogP contribution in [0.5, 0.6) is 0 Å². The number of hydrogen-bond acceptors (Lipinski definition) is 12. The highest BCUT2D eigenvalue weighted by atomic mass is 16.7. The topological polar surface area (TPSA) is 168 Å². The monoisotopic (exact) mass is 1110 g/mol. The Kier molecular flexibility index (Phi) is 55.9. The van der Waals surface area contributed by atoms with Gasteiger partial charge in [0, 0.05) is 32.5 Å². The largest absolute Gasteiger partial charge is 0.508 e. The van der Waals surface area contributed by atoms with Crippen LogP contribution in [0.3, 0.4) is 0 Å². The van der Waals surface area contributed by atoms with E-state index >= 15 is 0 Å². The zero-order valence-electron chi connectivity index (χ0n) is 51.5. The molecule has 0 aliphatic heterocycles. The van der Waals surface area contributed by atoms with E-state index in [0.29, 0.717) is 32.4 Å². The van der Waals surface area contributed by atoms with Gasteiger partial charge in [0.05, 0.1) is 12.5 Å². The Morgan fingerprint density at radius 1 is 0.359 bits per heavy atom. The summed E-state index contributed by atoms with van der Waals surface area (Å²) in [5.41, 5.74) is 0. The number of unbranched alkanes of at least 4 members (excludes halogenated alkanes) is 28. The second-order valence-corrected chi connectivity index (χ2v) is 22.2. The minimum absolute atomic E-state index is 0.0377. The molecule has 0 aliphatic carbocycles. The lowest BCUT2D eigenvalue weighted by Gasteiger charge is -2.19. The summed E-state index contributed by atoms with van der Waals surface area (Å²) in [5.74, 6) is -0.756. The summed E-state index contributed by atoms with van der Waals surface area (Å²) in [6.07, 6.45) is 41.9. The van der Waals surface area contributed by atoms with E-state index in [4.69, 9.17) is 28.4 Å². The molecule has 0 unspecified atom stereocenters. The van der Waals surface area contributed by atoms with Gasteiger partial charge in [0.1, 0.15) is 32.0 Å². The van der Waals surface area contributed by atoms with Gasteiger partial charge in [-0.3, -0.25) is 9.59 Å². The molecule has 14 heteroatoms. The Bertz CT molecular complexity index is 1250. The first-order chi connectivity index (χ1) is 38.1. The van der Waals surface area contributed by atoms with Gasteiger partial charge in [0.25, 0.3) is 0 Å². The minimum atomic E-state index is -0.824. The number of amides is 2. The Morgan fingerprint density at radius 2 is 0.679 bits per heavy atom. The van der Waals surface area contributed by atoms with E-state index in [1.54, 1.807) is 0 Å². The second-order valence-electron chi connectivity index (χ2n) is 22.2. The molecular weight excluding hydrogens is 987 g/mol. The van der Waals surface area contributed by atoms with Crippen LogP contribution in [0.4, 0.5) is 14.4 Å². The average molecular weight is 1110 g/mol. The molecule has 0 radical (unpaired) electrons. The first-order valence-electron chi connectivity index (χ1n) is 32.8. The molecule has 78 heavy (non-hydrogen) atoms. The molecule has 0 aromatic carbocycles. The van der Waals surface area contributed by atoms with Crippen molar-refractivity contribution in [3.05, 3.63) is 0 Å². The third-order valence-electron chi connectivity index (χ3n) is 14.8. The van der Waals surface area contributed by atoms with Crippen LogP contribution in [0.1, 0.15) is 305 Å². The molecule has 0 saturated heterocycles. The van der Waals surface area contributed by atoms with Crippen LogP contribution in [0.15, 0.2) is 0 Å². The molecule has 14 nitrogen and oxygen atoms in total. The number of esters is 2. The minimum Gasteiger partial charge on any atom is -0.462 e. The Labute approximate surface area is 478 Å². The normalized spacial score (nSPS) is 11.4. The van der Waals surface area contributed by atoms with E-state index in [1.165, 1.54) is 128 Å². The Hall–Kier alpha value is -3.29. The van der Waals surface area contributed by atoms with Crippen LogP contribution in [-0.2, 0) is 38.0 Å². The maximum Gasteiger partial charge on any atom is 0.508 e. The number of carbonyl (C=O) groups excluding carboxylic acids is 5. The molecule has 0 bridgehead atoms. The van der Waals surface area contributed by atoms with Gasteiger partial charge in [0.2, 0.25) is 0 Å². The lowest BCUT2D eigenvalue weighted by molar-refractivity contribution is -0.151. The molecule has 0 heterocycles. The second kappa shape index (κ2) is 58.4. The number of nitrogens with one attached hydrogen (secondary N) is 2. The highest BCUT2D eigenvalue weighted by molar-refractivity contribution is 5.70. The average Bonchev–Trinajstić information content (AvgIpc) is 3.43. The van der Waals surface area contributed by atoms with Gasteiger partial charge in [-0.15, -0.1) is 0 Å². The summed E-state index contributed by atoms with van der Waals surface area (Å²) < 4.78 is 33.6. The van der Waals surface area contributed by atoms with E-state index in [1.807, 2.05) is 0 Å². The third-order valence-corrected chi connectivity index (χ3v) is 14.8. The summed E-state index contributed by atoms with van der Waals surface area (Å²) in [5, 5.41) is 5.58. The predicted molar refractivity (Wildman–Crippen MR) is 319 cm³/mol. The maximum atomic E-state index is 12.8. The van der Waals surface area contributed by atoms with Gasteiger partial charge in [-0.25, -0.2) is 14.4 Å². The fourth-order valence-corrected chi connectivity index (χ4v) is 9.70. The fourth-order valence-electron chi connectivity index (χ4n) is 9.70. The van der Waals surface area contributed by atoms with Gasteiger partial charge in [0.15, 0.2) is 0 Å². The van der Waals surface area contributed by atoms with E-state index in [9.17, 15) is 24.0 Å². The van der Waals surface area contributed by atoms with Crippen molar-refractivity contribution in [2.45, 2.75) is 317 Å². The first kappa shape index (κ1) is 74.7. The van der Waals surface area contributed by atoms with Gasteiger partial charge in [-0.05, 0) is 96.6 Å². The number of hydrogen-bond donors (Lipinski definition) is 2. The van der Waals surface area contributed by atoms with Crippen molar-refractivity contribution in [1.29, 1.82) is 0 Å². The molecular formula is C64H123N3O11. The molecule has 0 aliphatic rings. The van der Waals surface area contributed by atoms with Crippen LogP contribution in [0.2, 0.25) is 0 Å². The number of carbonyl (C=O) groups is 5. The van der Waals surface area contributed by atoms with Crippen LogP contribution >= 0.6 is 0 Å². The summed E-state index contributed by atoms with van der Waals surface area (Å²) in [6.45, 7) is 16.4. The molecule has 0 spiro atoms. The molecule has 0 atom stereocenters. The SMILES string of the molecule is CCCCCCCCC(CCCCCCCC)OC(=O)CCCCCCCNC(=O)OCC(COC(=O)NCCCCCCCC(=O)OC(CCCCCCCC)CCCCCCCC)COC(=O)OCCCN(CC)CC. The molecule has 0 aromatic heterocycles. The predicted octanol–water partition coefficient (Wildman–Crippen LogP) is 17.4. The number of alkyl carbamates (subject to hydrolysis) is 2. The lowest BCUT2D eigenvalue weighted by atomic mass is 10.0. The molecule has 0 saturated carbocycles. The van der Waals surface area contributed by atoms with Gasteiger partial charge in [-0.2, -0.15) is 0 Å². The highest BCUT2D eigenvalue weighted by Crippen LogP contribution is 2.20. The number of ether oxygens (including phenoxy) is 6. The summed E-state index contributed by atoms with van der Waals surface area (Å²) in [6, 6.07) is 0. The molecule has 0 fully saturated rings. The zero-order valence-corrected chi connectivity index (χ0v) is 51.5. The Balaban J connectivity index is 4.71. The fraction of sp³-hybridized carbons (Fsp3) is 0.922. The summed E-state index contributed by atoms with van der Waals surface area (Å²) in [4.78, 5) is 65.6. The van der Waals surface area contributed by atoms with Crippen LogP contribution in [0, 0.1) is 5.92 Å². The van der Waals surface area contributed by atoms with Crippen molar-refractivity contribution in [2.24, 2.45) is 5.92 Å². The highest BCUT2D eigenvalue weighted by Gasteiger charge is 2.20. The smallest absolute Gasteiger partial charge is 0.462 e. The van der Waals surface area contributed by atoms with Crippen molar-refractivity contribution in [1.82, 2.24) is 15.5 Å². The lowest BCUT2D eigenvalue weighted by Crippen LogP contribution is -2.33. The van der Waals surface area contributed by atoms with Gasteiger partial charge < -0.3 is 44.0 Å². The van der Waals surface area contributed by atoms with Crippen molar-refractivity contribution in [2.75, 3.05) is 59.2 Å². The van der Waals surface area contributed by atoms with Gasteiger partial charge in [-0.1, -0.05) is 208 Å². The quantitative estimate of drug-likeness (QED) is 0.0336. The Morgan fingerprint density at radius 3 is 1.04 bits per heavy atom. The van der Waals surface area contributed by atoms with Crippen LogP contribution in [0.25, 0.3) is 0 Å². The van der Waals surface area contributed by atoms with Gasteiger partial charge >= 0.3 is 30.3 Å². The van der Waals surface area contributed by atoms with E-state index < -0.39 is 24.3 Å². The van der Waals surface area contributed by atoms with E-state index in [-0.39, 0.29) is 50.6 Å². The molecule has 0 aromatic rings. The van der Waals surface area contributed by atoms with Crippen molar-refractivity contribution in [3.8, 4) is 0 Å². The zero-order chi connectivity index (χ0) is 57.2.